The molecule has 1 heterocycles. The minimum Gasteiger partial charge on any atom is -0.310 e. The third-order valence-electron chi connectivity index (χ3n) is 14.7. The van der Waals surface area contributed by atoms with Crippen molar-refractivity contribution in [2.45, 2.75) is 5.41 Å². The van der Waals surface area contributed by atoms with Crippen molar-refractivity contribution < 1.29 is 0 Å². The van der Waals surface area contributed by atoms with Crippen LogP contribution in [0.25, 0.3) is 86.9 Å². The van der Waals surface area contributed by atoms with Crippen molar-refractivity contribution in [3.8, 4) is 66.8 Å². The fourth-order valence-electron chi connectivity index (χ4n) is 11.8. The summed E-state index contributed by atoms with van der Waals surface area (Å²) in [6, 6.07) is 96.7. The van der Waals surface area contributed by atoms with Crippen LogP contribution in [0, 0.1) is 0 Å². The SMILES string of the molecule is c1ccc(-c2cccc(-c3ccc(N(c4ccc(-c5cccc6c5sc5ccccc56)cc4)c4cccc5c4-c4ccccc4C54c5ccccc5-c5c(-c6ccccc6)cccc54)cc3)c2)cc1. The molecule has 11 aromatic carbocycles. The van der Waals surface area contributed by atoms with Crippen LogP contribution in [0.3, 0.4) is 0 Å². The van der Waals surface area contributed by atoms with Gasteiger partial charge in [-0.3, -0.25) is 0 Å². The Morgan fingerprint density at radius 2 is 0.739 bits per heavy atom. The van der Waals surface area contributed by atoms with Crippen LogP contribution in [-0.2, 0) is 5.41 Å². The number of benzene rings is 11. The maximum atomic E-state index is 2.49. The topological polar surface area (TPSA) is 3.24 Å². The van der Waals surface area contributed by atoms with Crippen LogP contribution >= 0.6 is 11.3 Å². The molecule has 69 heavy (non-hydrogen) atoms. The van der Waals surface area contributed by atoms with E-state index in [1.54, 1.807) is 0 Å². The Balaban J connectivity index is 0.969. The van der Waals surface area contributed by atoms with Gasteiger partial charge in [-0.15, -0.1) is 11.3 Å². The van der Waals surface area contributed by atoms with Crippen LogP contribution in [-0.4, -0.2) is 0 Å². The van der Waals surface area contributed by atoms with Crippen LogP contribution in [0.2, 0.25) is 0 Å². The molecule has 12 aromatic rings. The summed E-state index contributed by atoms with van der Waals surface area (Å²) >= 11 is 1.88. The Hall–Kier alpha value is -8.56. The molecule has 1 nitrogen and oxygen atoms in total. The first-order valence-electron chi connectivity index (χ1n) is 23.8. The summed E-state index contributed by atoms with van der Waals surface area (Å²) in [5.74, 6) is 0. The second kappa shape index (κ2) is 15.8. The van der Waals surface area contributed by atoms with Gasteiger partial charge in [0.15, 0.2) is 0 Å². The van der Waals surface area contributed by atoms with E-state index in [2.05, 4.69) is 266 Å². The summed E-state index contributed by atoms with van der Waals surface area (Å²) < 4.78 is 2.64. The number of nitrogens with zero attached hydrogens (tertiary/aromatic N) is 1. The Bertz CT molecular complexity index is 3940. The van der Waals surface area contributed by atoms with Crippen molar-refractivity contribution in [3.63, 3.8) is 0 Å². The van der Waals surface area contributed by atoms with E-state index in [1.165, 1.54) is 109 Å². The second-order valence-electron chi connectivity index (χ2n) is 18.3. The van der Waals surface area contributed by atoms with Gasteiger partial charge in [0, 0.05) is 37.1 Å². The third-order valence-corrected chi connectivity index (χ3v) is 15.9. The van der Waals surface area contributed by atoms with Gasteiger partial charge in [0.25, 0.3) is 0 Å². The Kier molecular flexibility index (Phi) is 9.05. The third kappa shape index (κ3) is 6.02. The zero-order chi connectivity index (χ0) is 45.5. The quantitative estimate of drug-likeness (QED) is 0.154. The first-order valence-corrected chi connectivity index (χ1v) is 24.6. The highest BCUT2D eigenvalue weighted by molar-refractivity contribution is 7.26. The summed E-state index contributed by atoms with van der Waals surface area (Å²) in [7, 11) is 0. The Morgan fingerprint density at radius 1 is 0.290 bits per heavy atom. The van der Waals surface area contributed by atoms with E-state index in [0.717, 1.165) is 17.1 Å². The zero-order valence-corrected chi connectivity index (χ0v) is 38.5. The molecular formula is C67H43NS. The zero-order valence-electron chi connectivity index (χ0n) is 37.7. The summed E-state index contributed by atoms with van der Waals surface area (Å²) in [5.41, 5.74) is 23.1. The lowest BCUT2D eigenvalue weighted by atomic mass is 9.70. The van der Waals surface area contributed by atoms with Crippen molar-refractivity contribution in [2.24, 2.45) is 0 Å². The maximum Gasteiger partial charge on any atom is 0.0726 e. The molecule has 0 amide bonds. The van der Waals surface area contributed by atoms with Crippen molar-refractivity contribution in [1.82, 2.24) is 0 Å². The van der Waals surface area contributed by atoms with Gasteiger partial charge in [-0.1, -0.05) is 218 Å². The molecule has 2 aliphatic carbocycles. The van der Waals surface area contributed by atoms with Crippen molar-refractivity contribution in [3.05, 3.63) is 283 Å². The van der Waals surface area contributed by atoms with E-state index in [0.29, 0.717) is 0 Å². The molecule has 0 bridgehead atoms. The molecule has 0 aliphatic heterocycles. The molecule has 1 unspecified atom stereocenters. The minimum absolute atomic E-state index is 0.509. The number of hydrogen-bond acceptors (Lipinski definition) is 2. The van der Waals surface area contributed by atoms with Gasteiger partial charge in [-0.2, -0.15) is 0 Å². The van der Waals surface area contributed by atoms with Gasteiger partial charge in [0.2, 0.25) is 0 Å². The standard InChI is InChI=1S/C67H43NS/c1-3-17-44(18-4-1)48-21-13-22-49(43-48)45-35-39-50(40-36-45)68(51-41-37-47(38-42-51)53-27-14-28-55-54-23-9-12-34-63(54)69-66(53)55)62-33-16-32-61-65(62)57-25-8-11-30-59(57)67(61)58-29-10-7-24-56(58)64-52(26-15-31-60(64)67)46-19-5-2-6-20-46/h1-43H. The molecule has 2 heteroatoms. The minimum atomic E-state index is -0.509. The molecule has 322 valence electrons. The molecule has 0 saturated heterocycles. The van der Waals surface area contributed by atoms with Gasteiger partial charge < -0.3 is 4.90 Å². The van der Waals surface area contributed by atoms with Gasteiger partial charge in [-0.05, 0) is 126 Å². The van der Waals surface area contributed by atoms with Crippen LogP contribution in [0.4, 0.5) is 17.1 Å². The van der Waals surface area contributed by atoms with Gasteiger partial charge in [-0.25, -0.2) is 0 Å². The number of thiophene rings is 1. The van der Waals surface area contributed by atoms with Gasteiger partial charge in [0.05, 0.1) is 11.1 Å². The predicted octanol–water partition coefficient (Wildman–Crippen LogP) is 18.5. The summed E-state index contributed by atoms with van der Waals surface area (Å²) in [6.45, 7) is 0. The van der Waals surface area contributed by atoms with Gasteiger partial charge >= 0.3 is 0 Å². The smallest absolute Gasteiger partial charge is 0.0726 e. The molecule has 0 radical (unpaired) electrons. The lowest BCUT2D eigenvalue weighted by molar-refractivity contribution is 0.794. The lowest BCUT2D eigenvalue weighted by Gasteiger charge is -2.32. The van der Waals surface area contributed by atoms with Crippen LogP contribution in [0.15, 0.2) is 261 Å². The van der Waals surface area contributed by atoms with E-state index >= 15 is 0 Å². The number of rotatable bonds is 7. The monoisotopic (exact) mass is 893 g/mol. The molecular weight excluding hydrogens is 851 g/mol. The second-order valence-corrected chi connectivity index (χ2v) is 19.3. The number of anilines is 3. The first-order chi connectivity index (χ1) is 34.2. The van der Waals surface area contributed by atoms with Crippen LogP contribution < -0.4 is 4.90 Å². The molecule has 14 rings (SSSR count). The predicted molar refractivity (Wildman–Crippen MR) is 292 cm³/mol. The molecule has 1 spiro atoms. The highest BCUT2D eigenvalue weighted by Gasteiger charge is 2.53. The average molecular weight is 894 g/mol. The molecule has 2 aliphatic rings. The van der Waals surface area contributed by atoms with E-state index in [4.69, 9.17) is 0 Å². The number of hydrogen-bond donors (Lipinski definition) is 0. The lowest BCUT2D eigenvalue weighted by Crippen LogP contribution is -2.26. The van der Waals surface area contributed by atoms with Crippen molar-refractivity contribution in [1.29, 1.82) is 0 Å². The Morgan fingerprint density at radius 3 is 1.45 bits per heavy atom. The highest BCUT2D eigenvalue weighted by Crippen LogP contribution is 2.65. The molecule has 0 N–H and O–H groups in total. The largest absolute Gasteiger partial charge is 0.310 e. The Labute approximate surface area is 406 Å². The normalized spacial score (nSPS) is 14.1. The summed E-state index contributed by atoms with van der Waals surface area (Å²) in [5, 5.41) is 2.63. The van der Waals surface area contributed by atoms with E-state index in [-0.39, 0.29) is 0 Å². The first kappa shape index (κ1) is 39.6. The summed E-state index contributed by atoms with van der Waals surface area (Å²) in [4.78, 5) is 2.49. The van der Waals surface area contributed by atoms with E-state index < -0.39 is 5.41 Å². The van der Waals surface area contributed by atoms with Gasteiger partial charge in [0.1, 0.15) is 0 Å². The highest BCUT2D eigenvalue weighted by atomic mass is 32.1. The molecule has 1 aromatic heterocycles. The van der Waals surface area contributed by atoms with E-state index in [9.17, 15) is 0 Å². The molecule has 0 fully saturated rings. The summed E-state index contributed by atoms with van der Waals surface area (Å²) in [6.07, 6.45) is 0. The average Bonchev–Trinajstić information content (AvgIpc) is 4.07. The van der Waals surface area contributed by atoms with Crippen molar-refractivity contribution >= 4 is 48.6 Å². The number of fused-ring (bicyclic) bond motifs is 13. The fraction of sp³-hybridized carbons (Fsp3) is 0.0149. The van der Waals surface area contributed by atoms with Crippen LogP contribution in [0.1, 0.15) is 22.3 Å². The fourth-order valence-corrected chi connectivity index (χ4v) is 13.0. The molecule has 0 saturated carbocycles. The van der Waals surface area contributed by atoms with Crippen molar-refractivity contribution in [2.75, 3.05) is 4.90 Å². The van der Waals surface area contributed by atoms with E-state index in [1.807, 2.05) is 11.3 Å². The molecule has 1 atom stereocenters. The maximum absolute atomic E-state index is 2.49. The van der Waals surface area contributed by atoms with Crippen LogP contribution in [0.5, 0.6) is 0 Å².